The van der Waals surface area contributed by atoms with Crippen molar-refractivity contribution in [2.45, 2.75) is 6.92 Å². The molecule has 2 aromatic rings. The van der Waals surface area contributed by atoms with Crippen LogP contribution in [0.25, 0.3) is 6.08 Å². The second kappa shape index (κ2) is 8.81. The molecule has 0 spiro atoms. The lowest BCUT2D eigenvalue weighted by molar-refractivity contribution is -0.137. The Morgan fingerprint density at radius 2 is 1.88 bits per heavy atom. The summed E-state index contributed by atoms with van der Waals surface area (Å²) in [5.74, 6) is -0.892. The van der Waals surface area contributed by atoms with Gasteiger partial charge in [-0.2, -0.15) is 5.26 Å². The Kier molecular flexibility index (Phi) is 6.49. The van der Waals surface area contributed by atoms with Crippen LogP contribution in [-0.2, 0) is 9.53 Å². The van der Waals surface area contributed by atoms with Crippen LogP contribution in [0.3, 0.4) is 0 Å². The fourth-order valence-corrected chi connectivity index (χ4v) is 2.48. The zero-order valence-electron chi connectivity index (χ0n) is 13.5. The predicted octanol–water partition coefficient (Wildman–Crippen LogP) is 4.17. The Morgan fingerprint density at radius 1 is 1.20 bits per heavy atom. The molecule has 1 N–H and O–H groups in total. The number of anilines is 1. The highest BCUT2D eigenvalue weighted by Crippen LogP contribution is 2.19. The Balaban J connectivity index is 2.12. The number of hydrogen-bond acceptors (Lipinski definition) is 4. The van der Waals surface area contributed by atoms with Crippen molar-refractivity contribution >= 4 is 39.6 Å². The van der Waals surface area contributed by atoms with Crippen molar-refractivity contribution in [3.63, 3.8) is 0 Å². The van der Waals surface area contributed by atoms with Gasteiger partial charge in [0.25, 0.3) is 5.91 Å². The third kappa shape index (κ3) is 5.03. The first-order valence-corrected chi connectivity index (χ1v) is 8.29. The minimum atomic E-state index is -0.656. The van der Waals surface area contributed by atoms with E-state index in [4.69, 9.17) is 10.00 Å². The van der Waals surface area contributed by atoms with E-state index in [0.717, 1.165) is 0 Å². The highest BCUT2D eigenvalue weighted by molar-refractivity contribution is 9.10. The molecular weight excluding hydrogens is 384 g/mol. The van der Waals surface area contributed by atoms with Gasteiger partial charge in [0.15, 0.2) is 0 Å². The van der Waals surface area contributed by atoms with E-state index >= 15 is 0 Å². The smallest absolute Gasteiger partial charge is 0.348 e. The number of hydrogen-bond donors (Lipinski definition) is 1. The first-order valence-electron chi connectivity index (χ1n) is 7.50. The SMILES string of the molecule is CCOC(=O)/C(C#N)=C/c1ccc(NC(=O)c2ccccc2Br)cc1. The first kappa shape index (κ1) is 18.4. The van der Waals surface area contributed by atoms with Crippen molar-refractivity contribution in [2.24, 2.45) is 0 Å². The van der Waals surface area contributed by atoms with Crippen molar-refractivity contribution in [1.29, 1.82) is 5.26 Å². The summed E-state index contributed by atoms with van der Waals surface area (Å²) in [5, 5.41) is 11.8. The van der Waals surface area contributed by atoms with E-state index in [-0.39, 0.29) is 18.1 Å². The van der Waals surface area contributed by atoms with Crippen LogP contribution in [0.4, 0.5) is 5.69 Å². The molecule has 5 nitrogen and oxygen atoms in total. The molecule has 1 amide bonds. The molecule has 0 saturated heterocycles. The third-order valence-corrected chi connectivity index (χ3v) is 3.91. The van der Waals surface area contributed by atoms with Gasteiger partial charge < -0.3 is 10.1 Å². The van der Waals surface area contributed by atoms with E-state index in [1.54, 1.807) is 49.4 Å². The standard InChI is InChI=1S/C19H15BrN2O3/c1-2-25-19(24)14(12-21)11-13-7-9-15(10-8-13)22-18(23)16-5-3-4-6-17(16)20/h3-11H,2H2,1H3,(H,22,23)/b14-11+. The van der Waals surface area contributed by atoms with Crippen LogP contribution in [0.5, 0.6) is 0 Å². The van der Waals surface area contributed by atoms with Gasteiger partial charge in [-0.3, -0.25) is 4.79 Å². The summed E-state index contributed by atoms with van der Waals surface area (Å²) in [4.78, 5) is 23.9. The maximum Gasteiger partial charge on any atom is 0.348 e. The van der Waals surface area contributed by atoms with Crippen molar-refractivity contribution in [1.82, 2.24) is 0 Å². The summed E-state index contributed by atoms with van der Waals surface area (Å²) in [7, 11) is 0. The first-order chi connectivity index (χ1) is 12.0. The monoisotopic (exact) mass is 398 g/mol. The van der Waals surface area contributed by atoms with E-state index in [0.29, 0.717) is 21.3 Å². The molecule has 126 valence electrons. The number of nitrogens with zero attached hydrogens (tertiary/aromatic N) is 1. The number of amides is 1. The second-order valence-electron chi connectivity index (χ2n) is 4.95. The Hall–Kier alpha value is -2.91. The Morgan fingerprint density at radius 3 is 2.48 bits per heavy atom. The van der Waals surface area contributed by atoms with Crippen LogP contribution in [0.1, 0.15) is 22.8 Å². The predicted molar refractivity (Wildman–Crippen MR) is 98.8 cm³/mol. The minimum absolute atomic E-state index is 0.0770. The van der Waals surface area contributed by atoms with Crippen LogP contribution in [0.2, 0.25) is 0 Å². The lowest BCUT2D eigenvalue weighted by Gasteiger charge is -2.07. The molecule has 0 aromatic heterocycles. The molecule has 2 aromatic carbocycles. The molecule has 0 aliphatic rings. The number of esters is 1. The van der Waals surface area contributed by atoms with Gasteiger partial charge in [0.1, 0.15) is 11.6 Å². The number of rotatable bonds is 5. The van der Waals surface area contributed by atoms with E-state index in [1.807, 2.05) is 12.1 Å². The maximum absolute atomic E-state index is 12.2. The molecule has 0 unspecified atom stereocenters. The van der Waals surface area contributed by atoms with Crippen molar-refractivity contribution in [3.05, 3.63) is 69.7 Å². The number of nitrogens with one attached hydrogen (secondary N) is 1. The summed E-state index contributed by atoms with van der Waals surface area (Å²) in [5.41, 5.74) is 1.71. The number of carbonyl (C=O) groups is 2. The molecule has 6 heteroatoms. The molecule has 0 bridgehead atoms. The minimum Gasteiger partial charge on any atom is -0.462 e. The molecule has 0 heterocycles. The van der Waals surface area contributed by atoms with Crippen LogP contribution in [-0.4, -0.2) is 18.5 Å². The number of carbonyl (C=O) groups excluding carboxylic acids is 2. The highest BCUT2D eigenvalue weighted by Gasteiger charge is 2.11. The quantitative estimate of drug-likeness (QED) is 0.465. The van der Waals surface area contributed by atoms with Gasteiger partial charge in [0, 0.05) is 10.2 Å². The van der Waals surface area contributed by atoms with Crippen LogP contribution in [0.15, 0.2) is 58.6 Å². The third-order valence-electron chi connectivity index (χ3n) is 3.21. The molecule has 0 aliphatic carbocycles. The van der Waals surface area contributed by atoms with Crippen molar-refractivity contribution in [2.75, 3.05) is 11.9 Å². The zero-order valence-corrected chi connectivity index (χ0v) is 15.0. The van der Waals surface area contributed by atoms with E-state index < -0.39 is 5.97 Å². The summed E-state index contributed by atoms with van der Waals surface area (Å²) in [6, 6.07) is 15.7. The van der Waals surface area contributed by atoms with Crippen LogP contribution >= 0.6 is 15.9 Å². The number of benzene rings is 2. The molecule has 0 saturated carbocycles. The topological polar surface area (TPSA) is 79.2 Å². The van der Waals surface area contributed by atoms with Crippen molar-refractivity contribution < 1.29 is 14.3 Å². The average molecular weight is 399 g/mol. The summed E-state index contributed by atoms with van der Waals surface area (Å²) >= 11 is 3.34. The van der Waals surface area contributed by atoms with Crippen LogP contribution < -0.4 is 5.32 Å². The van der Waals surface area contributed by atoms with Gasteiger partial charge in [-0.15, -0.1) is 0 Å². The number of ether oxygens (including phenoxy) is 1. The van der Waals surface area contributed by atoms with Gasteiger partial charge in [-0.25, -0.2) is 4.79 Å². The van der Waals surface area contributed by atoms with E-state index in [2.05, 4.69) is 21.2 Å². The van der Waals surface area contributed by atoms with Crippen LogP contribution in [0, 0.1) is 11.3 Å². The molecule has 25 heavy (non-hydrogen) atoms. The summed E-state index contributed by atoms with van der Waals surface area (Å²) in [6.45, 7) is 1.88. The summed E-state index contributed by atoms with van der Waals surface area (Å²) < 4.78 is 5.52. The fourth-order valence-electron chi connectivity index (χ4n) is 2.02. The molecule has 0 fully saturated rings. The zero-order chi connectivity index (χ0) is 18.2. The highest BCUT2D eigenvalue weighted by atomic mass is 79.9. The summed E-state index contributed by atoms with van der Waals surface area (Å²) in [6.07, 6.45) is 1.44. The Labute approximate surface area is 154 Å². The molecular formula is C19H15BrN2O3. The van der Waals surface area contributed by atoms with E-state index in [1.165, 1.54) is 6.08 Å². The Bertz CT molecular complexity index is 852. The average Bonchev–Trinajstić information content (AvgIpc) is 2.61. The molecule has 0 aliphatic heterocycles. The second-order valence-corrected chi connectivity index (χ2v) is 5.80. The molecule has 0 atom stereocenters. The number of nitriles is 1. The van der Waals surface area contributed by atoms with Gasteiger partial charge in [0.2, 0.25) is 0 Å². The van der Waals surface area contributed by atoms with Crippen molar-refractivity contribution in [3.8, 4) is 6.07 Å². The van der Waals surface area contributed by atoms with Gasteiger partial charge in [0.05, 0.1) is 12.2 Å². The largest absolute Gasteiger partial charge is 0.462 e. The van der Waals surface area contributed by atoms with Gasteiger partial charge >= 0.3 is 5.97 Å². The lowest BCUT2D eigenvalue weighted by atomic mass is 10.1. The van der Waals surface area contributed by atoms with Gasteiger partial charge in [-0.1, -0.05) is 24.3 Å². The maximum atomic E-state index is 12.2. The molecule has 2 rings (SSSR count). The normalized spacial score (nSPS) is 10.7. The lowest BCUT2D eigenvalue weighted by Crippen LogP contribution is -2.12. The number of halogens is 1. The molecule has 0 radical (unpaired) electrons. The fraction of sp³-hybridized carbons (Fsp3) is 0.105. The van der Waals surface area contributed by atoms with Gasteiger partial charge in [-0.05, 0) is 58.8 Å². The van der Waals surface area contributed by atoms with E-state index in [9.17, 15) is 9.59 Å².